The first-order chi connectivity index (χ1) is 15.0. The van der Waals surface area contributed by atoms with Gasteiger partial charge < -0.3 is 10.1 Å². The van der Waals surface area contributed by atoms with E-state index in [0.717, 1.165) is 33.2 Å². The molecule has 4 rings (SSSR count). The molecular formula is C23H24N4O4. The van der Waals surface area contributed by atoms with E-state index in [-0.39, 0.29) is 18.3 Å². The molecule has 3 aromatic rings. The number of rotatable bonds is 6. The highest BCUT2D eigenvalue weighted by molar-refractivity contribution is 5.91. The second-order valence-electron chi connectivity index (χ2n) is 7.60. The number of nitrogens with one attached hydrogen (secondary N) is 1. The van der Waals surface area contributed by atoms with E-state index in [4.69, 9.17) is 4.74 Å². The third-order valence-electron chi connectivity index (χ3n) is 5.21. The summed E-state index contributed by atoms with van der Waals surface area (Å²) in [7, 11) is 0. The topological polar surface area (TPSA) is 95.2 Å². The van der Waals surface area contributed by atoms with Crippen LogP contribution >= 0.6 is 0 Å². The molecule has 8 heteroatoms. The number of ether oxygens (including phenoxy) is 1. The van der Waals surface area contributed by atoms with Gasteiger partial charge in [0.25, 0.3) is 11.5 Å². The molecule has 0 bridgehead atoms. The second kappa shape index (κ2) is 9.09. The van der Waals surface area contributed by atoms with Crippen LogP contribution in [0.3, 0.4) is 0 Å². The molecular weight excluding hydrogens is 396 g/mol. The van der Waals surface area contributed by atoms with Crippen molar-refractivity contribution in [3.8, 4) is 5.69 Å². The summed E-state index contributed by atoms with van der Waals surface area (Å²) in [4.78, 5) is 39.0. The molecule has 0 spiro atoms. The van der Waals surface area contributed by atoms with Gasteiger partial charge in [-0.1, -0.05) is 48.0 Å². The number of para-hydroxylation sites is 1. The molecule has 1 saturated heterocycles. The van der Waals surface area contributed by atoms with Gasteiger partial charge >= 0.3 is 5.69 Å². The van der Waals surface area contributed by atoms with Crippen LogP contribution in [0, 0.1) is 6.92 Å². The summed E-state index contributed by atoms with van der Waals surface area (Å²) < 4.78 is 7.67. The van der Waals surface area contributed by atoms with Crippen molar-refractivity contribution in [2.24, 2.45) is 0 Å². The van der Waals surface area contributed by atoms with Crippen LogP contribution in [-0.2, 0) is 11.3 Å². The van der Waals surface area contributed by atoms with Crippen molar-refractivity contribution in [2.45, 2.75) is 32.4 Å². The summed E-state index contributed by atoms with van der Waals surface area (Å²) in [6, 6.07) is 16.3. The Labute approximate surface area is 179 Å². The molecule has 1 aliphatic rings. The van der Waals surface area contributed by atoms with Crippen LogP contribution in [0.1, 0.15) is 34.5 Å². The maximum atomic E-state index is 13.1. The third-order valence-corrected chi connectivity index (χ3v) is 5.21. The van der Waals surface area contributed by atoms with E-state index in [9.17, 15) is 14.4 Å². The minimum Gasteiger partial charge on any atom is -0.376 e. The fourth-order valence-corrected chi connectivity index (χ4v) is 3.62. The largest absolute Gasteiger partial charge is 0.376 e. The Morgan fingerprint density at radius 2 is 1.97 bits per heavy atom. The maximum absolute atomic E-state index is 13.1. The highest BCUT2D eigenvalue weighted by Gasteiger charge is 2.22. The van der Waals surface area contributed by atoms with Crippen molar-refractivity contribution < 1.29 is 9.53 Å². The summed E-state index contributed by atoms with van der Waals surface area (Å²) in [6.45, 7) is 2.94. The minimum atomic E-state index is -0.719. The number of hydrogen-bond acceptors (Lipinski definition) is 5. The van der Waals surface area contributed by atoms with E-state index >= 15 is 0 Å². The van der Waals surface area contributed by atoms with Crippen molar-refractivity contribution in [1.82, 2.24) is 19.7 Å². The van der Waals surface area contributed by atoms with Crippen LogP contribution in [0.2, 0.25) is 0 Å². The van der Waals surface area contributed by atoms with Gasteiger partial charge in [-0.15, -0.1) is 0 Å². The Bertz CT molecular complexity index is 1190. The maximum Gasteiger partial charge on any atom is 0.352 e. The van der Waals surface area contributed by atoms with Gasteiger partial charge in [-0.3, -0.25) is 14.2 Å². The molecule has 0 aliphatic carbocycles. The molecule has 2 heterocycles. The molecule has 2 aromatic carbocycles. The van der Waals surface area contributed by atoms with Crippen LogP contribution < -0.4 is 16.6 Å². The van der Waals surface area contributed by atoms with E-state index in [0.29, 0.717) is 18.8 Å². The number of benzene rings is 2. The molecule has 1 atom stereocenters. The molecule has 160 valence electrons. The van der Waals surface area contributed by atoms with Gasteiger partial charge in [0.05, 0.1) is 18.3 Å². The average molecular weight is 420 g/mol. The lowest BCUT2D eigenvalue weighted by molar-refractivity contribution is 0.0849. The predicted molar refractivity (Wildman–Crippen MR) is 116 cm³/mol. The zero-order chi connectivity index (χ0) is 21.8. The quantitative estimate of drug-likeness (QED) is 0.654. The van der Waals surface area contributed by atoms with Crippen molar-refractivity contribution in [3.63, 3.8) is 0 Å². The first kappa shape index (κ1) is 20.7. The number of aromatic nitrogens is 3. The van der Waals surface area contributed by atoms with E-state index in [2.05, 4.69) is 10.4 Å². The molecule has 0 radical (unpaired) electrons. The number of amides is 1. The van der Waals surface area contributed by atoms with Crippen LogP contribution in [0.25, 0.3) is 5.69 Å². The monoisotopic (exact) mass is 420 g/mol. The van der Waals surface area contributed by atoms with Crippen molar-refractivity contribution in [1.29, 1.82) is 0 Å². The lowest BCUT2D eigenvalue weighted by Crippen LogP contribution is -2.46. The van der Waals surface area contributed by atoms with E-state index in [1.807, 2.05) is 37.3 Å². The summed E-state index contributed by atoms with van der Waals surface area (Å²) in [5.74, 6) is -0.622. The van der Waals surface area contributed by atoms with Gasteiger partial charge in [0.2, 0.25) is 5.69 Å². The Morgan fingerprint density at radius 1 is 1.16 bits per heavy atom. The lowest BCUT2D eigenvalue weighted by atomic mass is 10.1. The van der Waals surface area contributed by atoms with E-state index in [1.54, 1.807) is 24.3 Å². The Morgan fingerprint density at radius 3 is 2.68 bits per heavy atom. The van der Waals surface area contributed by atoms with Crippen LogP contribution in [0.5, 0.6) is 0 Å². The number of carbonyl (C=O) groups excluding carboxylic acids is 1. The summed E-state index contributed by atoms with van der Waals surface area (Å²) in [5.41, 5.74) is 0.623. The zero-order valence-corrected chi connectivity index (χ0v) is 17.3. The van der Waals surface area contributed by atoms with Crippen molar-refractivity contribution in [3.05, 3.63) is 92.3 Å². The fraction of sp³-hybridized carbons (Fsp3) is 0.304. The number of hydrogen-bond donors (Lipinski definition) is 1. The van der Waals surface area contributed by atoms with E-state index in [1.165, 1.54) is 0 Å². The first-order valence-electron chi connectivity index (χ1n) is 10.3. The SMILES string of the molecule is Cc1cccc(Cn2c(=O)c(C(=O)NC[C@H]3CCCO3)nn(-c3ccccc3)c2=O)c1. The zero-order valence-electron chi connectivity index (χ0n) is 17.3. The Balaban J connectivity index is 1.75. The molecule has 1 aromatic heterocycles. The van der Waals surface area contributed by atoms with Gasteiger partial charge in [0.1, 0.15) is 0 Å². The molecule has 0 unspecified atom stereocenters. The van der Waals surface area contributed by atoms with Gasteiger partial charge in [0, 0.05) is 13.2 Å². The predicted octanol–water partition coefficient (Wildman–Crippen LogP) is 1.66. The molecule has 1 N–H and O–H groups in total. The Kier molecular flexibility index (Phi) is 6.08. The minimum absolute atomic E-state index is 0.0424. The third kappa shape index (κ3) is 4.64. The smallest absolute Gasteiger partial charge is 0.352 e. The molecule has 31 heavy (non-hydrogen) atoms. The summed E-state index contributed by atoms with van der Waals surface area (Å²) >= 11 is 0. The van der Waals surface area contributed by atoms with E-state index < -0.39 is 17.2 Å². The molecule has 8 nitrogen and oxygen atoms in total. The van der Waals surface area contributed by atoms with Gasteiger partial charge in [-0.25, -0.2) is 4.79 Å². The lowest BCUT2D eigenvalue weighted by Gasteiger charge is -2.14. The standard InChI is InChI=1S/C23H24N4O4/c1-16-7-5-8-17(13-16)15-26-22(29)20(21(28)24-14-19-11-6-12-31-19)25-27(23(26)30)18-9-3-2-4-10-18/h2-5,7-10,13,19H,6,11-12,14-15H2,1H3,(H,24,28)/t19-/m1/s1. The Hall–Kier alpha value is -3.52. The number of aryl methyl sites for hydroxylation is 1. The van der Waals surface area contributed by atoms with Gasteiger partial charge in [-0.05, 0) is 37.5 Å². The molecule has 1 amide bonds. The second-order valence-corrected chi connectivity index (χ2v) is 7.60. The van der Waals surface area contributed by atoms with Crippen molar-refractivity contribution >= 4 is 5.91 Å². The van der Waals surface area contributed by atoms with Gasteiger partial charge in [0.15, 0.2) is 0 Å². The molecule has 1 aliphatic heterocycles. The summed E-state index contributed by atoms with van der Waals surface area (Å²) in [5, 5.41) is 6.85. The van der Waals surface area contributed by atoms with Crippen LogP contribution in [0.15, 0.2) is 64.2 Å². The van der Waals surface area contributed by atoms with Crippen LogP contribution in [0.4, 0.5) is 0 Å². The average Bonchev–Trinajstić information content (AvgIpc) is 3.29. The summed E-state index contributed by atoms with van der Waals surface area (Å²) in [6.07, 6.45) is 1.73. The molecule has 0 saturated carbocycles. The fourth-order valence-electron chi connectivity index (χ4n) is 3.62. The number of carbonyl (C=O) groups is 1. The number of nitrogens with zero attached hydrogens (tertiary/aromatic N) is 3. The van der Waals surface area contributed by atoms with Crippen molar-refractivity contribution in [2.75, 3.05) is 13.2 Å². The normalized spacial score (nSPS) is 15.7. The highest BCUT2D eigenvalue weighted by Crippen LogP contribution is 2.11. The van der Waals surface area contributed by atoms with Crippen LogP contribution in [-0.4, -0.2) is 39.5 Å². The first-order valence-corrected chi connectivity index (χ1v) is 10.3. The van der Waals surface area contributed by atoms with Gasteiger partial charge in [-0.2, -0.15) is 9.78 Å². The highest BCUT2D eigenvalue weighted by atomic mass is 16.5. The molecule has 1 fully saturated rings.